The van der Waals surface area contributed by atoms with Crippen LogP contribution in [0.15, 0.2) is 52.9 Å². The number of hydrogen-bond donors (Lipinski definition) is 1. The van der Waals surface area contributed by atoms with Gasteiger partial charge in [-0.05, 0) is 74.8 Å². The standard InChI is InChI=1S/C26H33N3O2S/c1-19-15-20(2)17-23(16-19)27-26(32)29(10-6-9-28-11-13-30-14-12-28)21(3)25-18-22-7-4-5-8-24(22)31-25/h4-5,7-8,15-18,21H,6,9-14H2,1-3H3,(H,27,32). The largest absolute Gasteiger partial charge is 0.459 e. The van der Waals surface area contributed by atoms with Crippen LogP contribution in [0.3, 0.4) is 0 Å². The number of aryl methyl sites for hydroxylation is 2. The summed E-state index contributed by atoms with van der Waals surface area (Å²) in [5.74, 6) is 0.933. The van der Waals surface area contributed by atoms with Gasteiger partial charge in [0.05, 0.1) is 19.3 Å². The van der Waals surface area contributed by atoms with Gasteiger partial charge in [0.1, 0.15) is 11.3 Å². The van der Waals surface area contributed by atoms with Gasteiger partial charge in [-0.15, -0.1) is 0 Å². The molecule has 170 valence electrons. The molecule has 32 heavy (non-hydrogen) atoms. The normalized spacial score (nSPS) is 15.6. The molecule has 1 atom stereocenters. The van der Waals surface area contributed by atoms with E-state index in [9.17, 15) is 0 Å². The zero-order valence-electron chi connectivity index (χ0n) is 19.3. The van der Waals surface area contributed by atoms with E-state index in [1.807, 2.05) is 18.2 Å². The molecule has 0 radical (unpaired) electrons. The average Bonchev–Trinajstić information content (AvgIpc) is 3.20. The average molecular weight is 452 g/mol. The van der Waals surface area contributed by atoms with Crippen molar-refractivity contribution < 1.29 is 9.15 Å². The molecule has 4 rings (SSSR count). The Morgan fingerprint density at radius 3 is 2.53 bits per heavy atom. The Balaban J connectivity index is 1.51. The summed E-state index contributed by atoms with van der Waals surface area (Å²) >= 11 is 5.91. The van der Waals surface area contributed by atoms with E-state index in [1.165, 1.54) is 11.1 Å². The number of furan rings is 1. The fourth-order valence-electron chi connectivity index (χ4n) is 4.36. The van der Waals surface area contributed by atoms with Crippen molar-refractivity contribution in [2.24, 2.45) is 0 Å². The number of rotatable bonds is 7. The van der Waals surface area contributed by atoms with Gasteiger partial charge in [0.25, 0.3) is 0 Å². The van der Waals surface area contributed by atoms with Gasteiger partial charge in [0, 0.05) is 37.3 Å². The third-order valence-corrected chi connectivity index (χ3v) is 6.37. The molecule has 0 aliphatic carbocycles. The minimum atomic E-state index is 0.0259. The molecule has 6 heteroatoms. The molecule has 0 amide bonds. The fraction of sp³-hybridized carbons (Fsp3) is 0.423. The van der Waals surface area contributed by atoms with Gasteiger partial charge in [-0.2, -0.15) is 0 Å². The van der Waals surface area contributed by atoms with E-state index in [1.54, 1.807) is 0 Å². The Kier molecular flexibility index (Phi) is 7.45. The topological polar surface area (TPSA) is 40.9 Å². The Morgan fingerprint density at radius 1 is 1.09 bits per heavy atom. The highest BCUT2D eigenvalue weighted by atomic mass is 32.1. The van der Waals surface area contributed by atoms with E-state index in [0.717, 1.165) is 73.3 Å². The number of ether oxygens (including phenoxy) is 1. The molecule has 1 fully saturated rings. The van der Waals surface area contributed by atoms with Crippen molar-refractivity contribution in [3.8, 4) is 0 Å². The predicted octanol–water partition coefficient (Wildman–Crippen LogP) is 5.53. The number of thiocarbonyl (C=S) groups is 1. The van der Waals surface area contributed by atoms with Gasteiger partial charge >= 0.3 is 0 Å². The maximum absolute atomic E-state index is 6.19. The third-order valence-electron chi connectivity index (χ3n) is 6.03. The fourth-order valence-corrected chi connectivity index (χ4v) is 4.73. The van der Waals surface area contributed by atoms with Crippen LogP contribution in [-0.4, -0.2) is 54.3 Å². The van der Waals surface area contributed by atoms with E-state index in [2.05, 4.69) is 66.2 Å². The number of hydrogen-bond acceptors (Lipinski definition) is 4. The Morgan fingerprint density at radius 2 is 1.81 bits per heavy atom. The summed E-state index contributed by atoms with van der Waals surface area (Å²) in [5.41, 5.74) is 4.39. The first-order valence-electron chi connectivity index (χ1n) is 11.4. The van der Waals surface area contributed by atoms with Crippen LogP contribution in [-0.2, 0) is 4.74 Å². The number of anilines is 1. The van der Waals surface area contributed by atoms with Crippen LogP contribution < -0.4 is 5.32 Å². The van der Waals surface area contributed by atoms with Crippen LogP contribution in [0, 0.1) is 13.8 Å². The Labute approximate surface area is 196 Å². The summed E-state index contributed by atoms with van der Waals surface area (Å²) in [5, 5.41) is 5.33. The lowest BCUT2D eigenvalue weighted by Crippen LogP contribution is -2.41. The summed E-state index contributed by atoms with van der Waals surface area (Å²) in [6.07, 6.45) is 1.03. The molecule has 3 aromatic rings. The van der Waals surface area contributed by atoms with Crippen LogP contribution in [0.5, 0.6) is 0 Å². The molecule has 5 nitrogen and oxygen atoms in total. The van der Waals surface area contributed by atoms with Gasteiger partial charge in [-0.1, -0.05) is 24.3 Å². The van der Waals surface area contributed by atoms with E-state index in [-0.39, 0.29) is 6.04 Å². The SMILES string of the molecule is Cc1cc(C)cc(NC(=S)N(CCCN2CCOCC2)C(C)c2cc3ccccc3o2)c1. The van der Waals surface area contributed by atoms with Crippen molar-refractivity contribution in [1.29, 1.82) is 0 Å². The van der Waals surface area contributed by atoms with Gasteiger partial charge in [-0.3, -0.25) is 4.90 Å². The summed E-state index contributed by atoms with van der Waals surface area (Å²) in [6, 6.07) is 16.8. The molecule has 1 aliphatic heterocycles. The van der Waals surface area contributed by atoms with Crippen LogP contribution in [0.25, 0.3) is 11.0 Å². The van der Waals surface area contributed by atoms with E-state index in [4.69, 9.17) is 21.4 Å². The van der Waals surface area contributed by atoms with Crippen molar-refractivity contribution >= 4 is 34.0 Å². The number of benzene rings is 2. The molecular formula is C26H33N3O2S. The van der Waals surface area contributed by atoms with Crippen molar-refractivity contribution in [3.05, 3.63) is 65.4 Å². The quantitative estimate of drug-likeness (QED) is 0.476. The molecular weight excluding hydrogens is 418 g/mol. The van der Waals surface area contributed by atoms with Gasteiger partial charge < -0.3 is 19.4 Å². The Hall–Kier alpha value is -2.41. The highest BCUT2D eigenvalue weighted by Crippen LogP contribution is 2.28. The maximum Gasteiger partial charge on any atom is 0.174 e. The summed E-state index contributed by atoms with van der Waals surface area (Å²) in [4.78, 5) is 4.72. The van der Waals surface area contributed by atoms with Crippen LogP contribution >= 0.6 is 12.2 Å². The predicted molar refractivity (Wildman–Crippen MR) is 135 cm³/mol. The van der Waals surface area contributed by atoms with Crippen molar-refractivity contribution in [2.75, 3.05) is 44.7 Å². The van der Waals surface area contributed by atoms with Crippen LogP contribution in [0.1, 0.15) is 36.3 Å². The zero-order valence-corrected chi connectivity index (χ0v) is 20.1. The monoisotopic (exact) mass is 451 g/mol. The molecule has 1 unspecified atom stereocenters. The van der Waals surface area contributed by atoms with Gasteiger partial charge in [0.15, 0.2) is 5.11 Å². The molecule has 0 bridgehead atoms. The number of nitrogens with one attached hydrogen (secondary N) is 1. The van der Waals surface area contributed by atoms with E-state index < -0.39 is 0 Å². The van der Waals surface area contributed by atoms with Gasteiger partial charge in [-0.25, -0.2) is 0 Å². The molecule has 1 aliphatic rings. The lowest BCUT2D eigenvalue weighted by atomic mass is 10.1. The van der Waals surface area contributed by atoms with Crippen LogP contribution in [0.4, 0.5) is 5.69 Å². The minimum absolute atomic E-state index is 0.0259. The van der Waals surface area contributed by atoms with Crippen molar-refractivity contribution in [2.45, 2.75) is 33.2 Å². The lowest BCUT2D eigenvalue weighted by molar-refractivity contribution is 0.0365. The third kappa shape index (κ3) is 5.68. The first kappa shape index (κ1) is 22.8. The first-order valence-corrected chi connectivity index (χ1v) is 11.8. The van der Waals surface area contributed by atoms with E-state index >= 15 is 0 Å². The molecule has 1 saturated heterocycles. The summed E-state index contributed by atoms with van der Waals surface area (Å²) in [7, 11) is 0. The first-order chi connectivity index (χ1) is 15.5. The lowest BCUT2D eigenvalue weighted by Gasteiger charge is -2.32. The highest BCUT2D eigenvalue weighted by Gasteiger charge is 2.23. The second kappa shape index (κ2) is 10.5. The second-order valence-corrected chi connectivity index (χ2v) is 9.06. The Bertz CT molecular complexity index is 1000. The number of morpholine rings is 1. The van der Waals surface area contributed by atoms with E-state index in [0.29, 0.717) is 0 Å². The molecule has 1 N–H and O–H groups in total. The molecule has 2 heterocycles. The molecule has 2 aromatic carbocycles. The number of fused-ring (bicyclic) bond motifs is 1. The summed E-state index contributed by atoms with van der Waals surface area (Å²) in [6.45, 7) is 11.9. The molecule has 0 saturated carbocycles. The van der Waals surface area contributed by atoms with Crippen molar-refractivity contribution in [1.82, 2.24) is 9.80 Å². The smallest absolute Gasteiger partial charge is 0.174 e. The molecule has 1 aromatic heterocycles. The molecule has 0 spiro atoms. The van der Waals surface area contributed by atoms with Crippen molar-refractivity contribution in [3.63, 3.8) is 0 Å². The number of para-hydroxylation sites is 1. The van der Waals surface area contributed by atoms with Gasteiger partial charge in [0.2, 0.25) is 0 Å². The number of nitrogens with zero attached hydrogens (tertiary/aromatic N) is 2. The summed E-state index contributed by atoms with van der Waals surface area (Å²) < 4.78 is 11.7. The second-order valence-electron chi connectivity index (χ2n) is 8.67. The maximum atomic E-state index is 6.19. The minimum Gasteiger partial charge on any atom is -0.459 e. The highest BCUT2D eigenvalue weighted by molar-refractivity contribution is 7.80. The zero-order chi connectivity index (χ0) is 22.5. The van der Waals surface area contributed by atoms with Crippen LogP contribution in [0.2, 0.25) is 0 Å².